The first-order chi connectivity index (χ1) is 26.6. The second-order valence-electron chi connectivity index (χ2n) is 15.1. The number of methoxy groups -OCH3 is 2. The quantitative estimate of drug-likeness (QED) is 0.255. The maximum absolute atomic E-state index is 15.6. The van der Waals surface area contributed by atoms with Crippen LogP contribution in [0.1, 0.15) is 52.8 Å². The van der Waals surface area contributed by atoms with Gasteiger partial charge in [-0.15, -0.1) is 0 Å². The zero-order chi connectivity index (χ0) is 38.1. The van der Waals surface area contributed by atoms with Crippen molar-refractivity contribution in [2.45, 2.75) is 50.2 Å². The molecule has 0 radical (unpaired) electrons. The van der Waals surface area contributed by atoms with Crippen molar-refractivity contribution in [3.05, 3.63) is 75.8 Å². The van der Waals surface area contributed by atoms with E-state index in [-0.39, 0.29) is 41.6 Å². The maximum Gasteiger partial charge on any atom is 0.262 e. The summed E-state index contributed by atoms with van der Waals surface area (Å²) in [6.07, 6.45) is 3.05. The molecule has 4 aromatic rings. The molecule has 15 heteroatoms. The number of imide groups is 2. The number of aromatic nitrogens is 2. The van der Waals surface area contributed by atoms with Crippen molar-refractivity contribution >= 4 is 45.9 Å². The first kappa shape index (κ1) is 34.9. The number of amides is 4. The van der Waals surface area contributed by atoms with Crippen LogP contribution in [0.5, 0.6) is 11.5 Å². The molecule has 2 bridgehead atoms. The highest BCUT2D eigenvalue weighted by Crippen LogP contribution is 2.40. The van der Waals surface area contributed by atoms with Crippen LogP contribution in [0.15, 0.2) is 53.3 Å². The minimum Gasteiger partial charge on any atom is -0.497 e. The number of anilines is 2. The summed E-state index contributed by atoms with van der Waals surface area (Å²) in [5, 5.41) is 2.56. The van der Waals surface area contributed by atoms with E-state index in [1.807, 2.05) is 17.0 Å². The number of hydrogen-bond acceptors (Lipinski definition) is 11. The van der Waals surface area contributed by atoms with Gasteiger partial charge in [-0.3, -0.25) is 39.1 Å². The number of fused-ring (bicyclic) bond motifs is 4. The van der Waals surface area contributed by atoms with Crippen LogP contribution in [0.2, 0.25) is 0 Å². The van der Waals surface area contributed by atoms with E-state index in [0.717, 1.165) is 67.7 Å². The fourth-order valence-corrected chi connectivity index (χ4v) is 9.13. The number of rotatable bonds is 8. The second kappa shape index (κ2) is 13.5. The van der Waals surface area contributed by atoms with Crippen molar-refractivity contribution in [1.82, 2.24) is 25.1 Å². The van der Waals surface area contributed by atoms with Gasteiger partial charge in [0.15, 0.2) is 0 Å². The molecular weight excluding hydrogens is 709 g/mol. The Balaban J connectivity index is 0.810. The van der Waals surface area contributed by atoms with Gasteiger partial charge in [-0.1, -0.05) is 0 Å². The number of likely N-dealkylation sites (tertiary alicyclic amines) is 1. The van der Waals surface area contributed by atoms with E-state index in [1.165, 1.54) is 13.2 Å². The first-order valence-electron chi connectivity index (χ1n) is 18.7. The number of nitrogens with one attached hydrogen (secondary N) is 2. The average molecular weight is 750 g/mol. The van der Waals surface area contributed by atoms with Gasteiger partial charge in [0.1, 0.15) is 34.6 Å². The zero-order valence-electron chi connectivity index (χ0n) is 30.5. The number of benzene rings is 3. The summed E-state index contributed by atoms with van der Waals surface area (Å²) in [6.45, 7) is 4.24. The van der Waals surface area contributed by atoms with E-state index >= 15 is 4.39 Å². The predicted octanol–water partition coefficient (Wildman–Crippen LogP) is 3.33. The highest BCUT2D eigenvalue weighted by molar-refractivity contribution is 6.23. The number of carbonyl (C=O) groups excluding carboxylic acids is 4. The SMILES string of the molecule is COc1cc(OC)c2c(=O)[nH]c(-c3ccc(N4CCC(CN5CC6CC5CN6c5cc6c(cc5F)C(=O)N(C5CCC(=O)NC5=O)C6=O)CC4)cc3)nc2c1. The Morgan fingerprint density at radius 2 is 1.62 bits per heavy atom. The second-order valence-corrected chi connectivity index (χ2v) is 15.1. The number of hydrogen-bond donors (Lipinski definition) is 2. The minimum atomic E-state index is -1.09. The van der Waals surface area contributed by atoms with E-state index in [1.54, 1.807) is 19.2 Å². The molecule has 0 aliphatic carbocycles. The lowest BCUT2D eigenvalue weighted by molar-refractivity contribution is -0.136. The number of aromatic amines is 1. The molecule has 2 N–H and O–H groups in total. The lowest BCUT2D eigenvalue weighted by Crippen LogP contribution is -2.54. The van der Waals surface area contributed by atoms with Crippen LogP contribution in [-0.2, 0) is 9.59 Å². The number of ether oxygens (including phenoxy) is 2. The number of H-pyrrole nitrogens is 1. The van der Waals surface area contributed by atoms with Gasteiger partial charge in [-0.2, -0.15) is 0 Å². The van der Waals surface area contributed by atoms with E-state index in [0.29, 0.717) is 46.4 Å². The van der Waals surface area contributed by atoms with E-state index < -0.39 is 35.5 Å². The molecular formula is C40H40FN7O7. The summed E-state index contributed by atoms with van der Waals surface area (Å²) >= 11 is 0. The molecule has 3 atom stereocenters. The molecule has 5 aliphatic heterocycles. The fraction of sp³-hybridized carbons (Fsp3) is 0.400. The van der Waals surface area contributed by atoms with Gasteiger partial charge < -0.3 is 24.3 Å². The molecule has 3 aromatic carbocycles. The molecule has 4 fully saturated rings. The monoisotopic (exact) mass is 749 g/mol. The molecule has 0 spiro atoms. The van der Waals surface area contributed by atoms with E-state index in [2.05, 4.69) is 32.2 Å². The highest BCUT2D eigenvalue weighted by Gasteiger charge is 2.48. The summed E-state index contributed by atoms with van der Waals surface area (Å²) in [6, 6.07) is 13.3. The Labute approximate surface area is 315 Å². The van der Waals surface area contributed by atoms with Crippen molar-refractivity contribution < 1.29 is 33.0 Å². The lowest BCUT2D eigenvalue weighted by Gasteiger charge is -2.40. The van der Waals surface area contributed by atoms with Gasteiger partial charge in [-0.05, 0) is 68.0 Å². The third kappa shape index (κ3) is 5.97. The molecule has 14 nitrogen and oxygen atoms in total. The lowest BCUT2D eigenvalue weighted by atomic mass is 9.95. The summed E-state index contributed by atoms with van der Waals surface area (Å²) in [7, 11) is 3.06. The summed E-state index contributed by atoms with van der Waals surface area (Å²) in [4.78, 5) is 79.0. The van der Waals surface area contributed by atoms with Crippen molar-refractivity contribution in [3.8, 4) is 22.9 Å². The van der Waals surface area contributed by atoms with Gasteiger partial charge in [0.2, 0.25) is 11.8 Å². The standard InChI is InChI=1S/C40H40FN7O7/c1-54-26-14-30-35(33(15-26)55-2)38(51)44-36(42-30)22-3-5-23(6-4-22)45-11-9-21(10-12-45)18-46-19-25-13-24(46)20-47(25)32-17-28-27(16-29(32)41)39(52)48(40(28)53)31-7-8-34(49)43-37(31)50/h3-6,14-17,21,24-25,31H,7-13,18-20H2,1-2H3,(H,42,44,51)(H,43,49,50). The third-order valence-corrected chi connectivity index (χ3v) is 12.0. The molecule has 284 valence electrons. The first-order valence-corrected chi connectivity index (χ1v) is 18.7. The van der Waals surface area contributed by atoms with Gasteiger partial charge in [-0.25, -0.2) is 9.37 Å². The Hall–Kier alpha value is -5.83. The molecule has 4 saturated heterocycles. The molecule has 4 amide bonds. The Bertz CT molecular complexity index is 2320. The topological polar surface area (TPSA) is 157 Å². The molecule has 6 heterocycles. The third-order valence-electron chi connectivity index (χ3n) is 12.0. The summed E-state index contributed by atoms with van der Waals surface area (Å²) < 4.78 is 26.4. The molecule has 1 aromatic heterocycles. The highest BCUT2D eigenvalue weighted by atomic mass is 19.1. The minimum absolute atomic E-state index is 0.0219. The van der Waals surface area contributed by atoms with Crippen LogP contribution in [0.3, 0.4) is 0 Å². The number of halogens is 1. The smallest absolute Gasteiger partial charge is 0.262 e. The molecule has 5 aliphatic rings. The van der Waals surface area contributed by atoms with Crippen LogP contribution < -0.4 is 30.1 Å². The van der Waals surface area contributed by atoms with Crippen molar-refractivity contribution in [2.24, 2.45) is 5.92 Å². The number of carbonyl (C=O) groups is 4. The Kier molecular flexibility index (Phi) is 8.56. The summed E-state index contributed by atoms with van der Waals surface area (Å²) in [5.74, 6) is -1.09. The number of piperazine rings is 1. The fourth-order valence-electron chi connectivity index (χ4n) is 9.13. The zero-order valence-corrected chi connectivity index (χ0v) is 30.5. The van der Waals surface area contributed by atoms with Gasteiger partial charge in [0.05, 0.1) is 36.6 Å². The molecule has 0 saturated carbocycles. The van der Waals surface area contributed by atoms with E-state index in [4.69, 9.17) is 14.5 Å². The molecule has 55 heavy (non-hydrogen) atoms. The van der Waals surface area contributed by atoms with Gasteiger partial charge in [0, 0.05) is 74.6 Å². The Morgan fingerprint density at radius 1 is 0.873 bits per heavy atom. The Morgan fingerprint density at radius 3 is 2.29 bits per heavy atom. The van der Waals surface area contributed by atoms with Crippen molar-refractivity contribution in [3.63, 3.8) is 0 Å². The largest absolute Gasteiger partial charge is 0.497 e. The van der Waals surface area contributed by atoms with Gasteiger partial charge in [0.25, 0.3) is 17.4 Å². The molecule has 3 unspecified atom stereocenters. The number of piperidine rings is 2. The van der Waals surface area contributed by atoms with Crippen molar-refractivity contribution in [2.75, 3.05) is 56.7 Å². The molecule has 9 rings (SSSR count). The van der Waals surface area contributed by atoms with Crippen LogP contribution in [0.4, 0.5) is 15.8 Å². The van der Waals surface area contributed by atoms with Crippen LogP contribution in [0, 0.1) is 11.7 Å². The summed E-state index contributed by atoms with van der Waals surface area (Å²) in [5.41, 5.74) is 2.46. The van der Waals surface area contributed by atoms with Crippen molar-refractivity contribution in [1.29, 1.82) is 0 Å². The van der Waals surface area contributed by atoms with Crippen LogP contribution in [-0.4, -0.2) is 108 Å². The van der Waals surface area contributed by atoms with Crippen LogP contribution >= 0.6 is 0 Å². The number of nitrogens with zero attached hydrogens (tertiary/aromatic N) is 5. The van der Waals surface area contributed by atoms with Gasteiger partial charge >= 0.3 is 0 Å². The average Bonchev–Trinajstić information content (AvgIpc) is 3.85. The van der Waals surface area contributed by atoms with E-state index in [9.17, 15) is 24.0 Å². The predicted molar refractivity (Wildman–Crippen MR) is 200 cm³/mol. The maximum atomic E-state index is 15.6. The normalized spacial score (nSPS) is 22.9. The van der Waals surface area contributed by atoms with Crippen LogP contribution in [0.25, 0.3) is 22.3 Å².